The van der Waals surface area contributed by atoms with Gasteiger partial charge in [-0.1, -0.05) is 6.92 Å². The fourth-order valence-electron chi connectivity index (χ4n) is 2.15. The molecule has 1 amide bonds. The van der Waals surface area contributed by atoms with Crippen LogP contribution in [0.25, 0.3) is 11.1 Å². The smallest absolute Gasteiger partial charge is 0.418 e. The molecule has 0 saturated heterocycles. The van der Waals surface area contributed by atoms with E-state index in [1.165, 1.54) is 23.0 Å². The van der Waals surface area contributed by atoms with Crippen LogP contribution in [0.1, 0.15) is 12.8 Å². The third-order valence-electron chi connectivity index (χ3n) is 3.29. The highest BCUT2D eigenvalue weighted by Gasteiger charge is 2.20. The molecule has 0 atom stereocenters. The summed E-state index contributed by atoms with van der Waals surface area (Å²) in [4.78, 5) is 16.1. The summed E-state index contributed by atoms with van der Waals surface area (Å²) in [6.45, 7) is -1.22. The summed E-state index contributed by atoms with van der Waals surface area (Å²) in [6, 6.07) is 4.12. The molecular formula is C15H14F2N4O4. The zero-order valence-electron chi connectivity index (χ0n) is 13.3. The molecule has 132 valence electrons. The van der Waals surface area contributed by atoms with Crippen molar-refractivity contribution in [3.05, 3.63) is 30.3 Å². The van der Waals surface area contributed by atoms with E-state index in [9.17, 15) is 13.6 Å². The van der Waals surface area contributed by atoms with Gasteiger partial charge in [0, 0.05) is 19.5 Å². The van der Waals surface area contributed by atoms with Gasteiger partial charge < -0.3 is 13.9 Å². The second kappa shape index (κ2) is 6.75. The summed E-state index contributed by atoms with van der Waals surface area (Å²) in [5, 5.41) is 6.41. The normalized spacial score (nSPS) is 11.1. The van der Waals surface area contributed by atoms with Crippen molar-refractivity contribution < 1.29 is 27.5 Å². The van der Waals surface area contributed by atoms with Gasteiger partial charge in [-0.2, -0.15) is 13.9 Å². The van der Waals surface area contributed by atoms with Crippen molar-refractivity contribution in [3.63, 3.8) is 0 Å². The molecule has 0 fully saturated rings. The Hall–Kier alpha value is -3.17. The number of alkyl halides is 2. The number of halogens is 2. The number of nitrogens with zero attached hydrogens (tertiary/aromatic N) is 3. The predicted octanol–water partition coefficient (Wildman–Crippen LogP) is 3.34. The standard InChI is InChI=1S/C15H14F2N4O4/c1-3-11-20-12-8(23-14(16)17)4-5-9(13(12)25-11)24-15(22)19-10-6-7-18-21(10)2/h4-7,14H,3H2,1-2H3,(H,19,22). The number of hydrogen-bond donors (Lipinski definition) is 1. The van der Waals surface area contributed by atoms with Gasteiger partial charge in [0.2, 0.25) is 5.58 Å². The fourth-order valence-corrected chi connectivity index (χ4v) is 2.15. The third-order valence-corrected chi connectivity index (χ3v) is 3.29. The highest BCUT2D eigenvalue weighted by atomic mass is 19.3. The summed E-state index contributed by atoms with van der Waals surface area (Å²) in [5.41, 5.74) is 0.109. The van der Waals surface area contributed by atoms with E-state index in [2.05, 4.69) is 20.1 Å². The number of benzene rings is 1. The molecule has 10 heteroatoms. The molecule has 0 aliphatic rings. The monoisotopic (exact) mass is 352 g/mol. The average molecular weight is 352 g/mol. The topological polar surface area (TPSA) is 91.4 Å². The van der Waals surface area contributed by atoms with Crippen molar-refractivity contribution in [3.8, 4) is 11.5 Å². The predicted molar refractivity (Wildman–Crippen MR) is 82.9 cm³/mol. The van der Waals surface area contributed by atoms with Gasteiger partial charge in [0.05, 0.1) is 6.20 Å². The van der Waals surface area contributed by atoms with Gasteiger partial charge >= 0.3 is 12.7 Å². The Kier molecular flexibility index (Phi) is 4.50. The van der Waals surface area contributed by atoms with Crippen LogP contribution in [0.2, 0.25) is 0 Å². The lowest BCUT2D eigenvalue weighted by Gasteiger charge is -2.09. The minimum Gasteiger partial charge on any atom is -0.437 e. The first kappa shape index (κ1) is 16.7. The fraction of sp³-hybridized carbons (Fsp3) is 0.267. The molecule has 3 aromatic rings. The van der Waals surface area contributed by atoms with Crippen molar-refractivity contribution in [2.24, 2.45) is 7.05 Å². The van der Waals surface area contributed by atoms with Gasteiger partial charge in [0.15, 0.2) is 22.9 Å². The first-order valence-corrected chi connectivity index (χ1v) is 7.32. The van der Waals surface area contributed by atoms with Gasteiger partial charge in [-0.05, 0) is 12.1 Å². The summed E-state index contributed by atoms with van der Waals surface area (Å²) in [6.07, 6.45) is 1.15. The lowest BCUT2D eigenvalue weighted by Crippen LogP contribution is -2.18. The van der Waals surface area contributed by atoms with Crippen LogP contribution in [0, 0.1) is 0 Å². The number of carbonyl (C=O) groups excluding carboxylic acids is 1. The first-order valence-electron chi connectivity index (χ1n) is 7.32. The van der Waals surface area contributed by atoms with Gasteiger partial charge in [0.1, 0.15) is 5.82 Å². The van der Waals surface area contributed by atoms with Crippen LogP contribution in [-0.2, 0) is 13.5 Å². The van der Waals surface area contributed by atoms with E-state index < -0.39 is 12.7 Å². The molecule has 1 aromatic carbocycles. The lowest BCUT2D eigenvalue weighted by molar-refractivity contribution is -0.0489. The van der Waals surface area contributed by atoms with E-state index in [1.807, 2.05) is 0 Å². The molecule has 0 aliphatic carbocycles. The Balaban J connectivity index is 1.89. The van der Waals surface area contributed by atoms with Gasteiger partial charge in [0.25, 0.3) is 0 Å². The zero-order valence-corrected chi connectivity index (χ0v) is 13.3. The maximum atomic E-state index is 12.5. The molecule has 3 rings (SSSR count). The van der Waals surface area contributed by atoms with E-state index in [-0.39, 0.29) is 22.6 Å². The van der Waals surface area contributed by atoms with Crippen LogP contribution in [0.5, 0.6) is 11.5 Å². The van der Waals surface area contributed by atoms with Gasteiger partial charge in [-0.15, -0.1) is 0 Å². The number of ether oxygens (including phenoxy) is 2. The van der Waals surface area contributed by atoms with Crippen molar-refractivity contribution in [2.45, 2.75) is 20.0 Å². The van der Waals surface area contributed by atoms with Crippen LogP contribution < -0.4 is 14.8 Å². The number of anilines is 1. The Labute approximate surface area is 140 Å². The van der Waals surface area contributed by atoms with E-state index in [4.69, 9.17) is 9.15 Å². The number of rotatable bonds is 5. The number of hydrogen-bond acceptors (Lipinski definition) is 6. The van der Waals surface area contributed by atoms with E-state index in [0.717, 1.165) is 0 Å². The molecule has 0 unspecified atom stereocenters. The Morgan fingerprint density at radius 2 is 2.12 bits per heavy atom. The molecule has 0 aliphatic heterocycles. The molecule has 0 bridgehead atoms. The summed E-state index contributed by atoms with van der Waals surface area (Å²) < 4.78 is 41.6. The number of oxazole rings is 1. The lowest BCUT2D eigenvalue weighted by atomic mass is 10.3. The van der Waals surface area contributed by atoms with Gasteiger partial charge in [-0.25, -0.2) is 9.78 Å². The van der Waals surface area contributed by atoms with Crippen molar-refractivity contribution >= 4 is 23.0 Å². The number of aromatic nitrogens is 3. The Morgan fingerprint density at radius 1 is 1.36 bits per heavy atom. The number of nitrogens with one attached hydrogen (secondary N) is 1. The van der Waals surface area contributed by atoms with E-state index in [1.54, 1.807) is 20.0 Å². The van der Waals surface area contributed by atoms with Gasteiger partial charge in [-0.3, -0.25) is 10.00 Å². The minimum absolute atomic E-state index is 0.0310. The number of fused-ring (bicyclic) bond motifs is 1. The zero-order chi connectivity index (χ0) is 18.0. The SMILES string of the molecule is CCc1nc2c(OC(F)F)ccc(OC(=O)Nc3ccnn3C)c2o1. The van der Waals surface area contributed by atoms with Crippen molar-refractivity contribution in [1.29, 1.82) is 0 Å². The molecule has 2 heterocycles. The molecule has 0 saturated carbocycles. The molecule has 8 nitrogen and oxygen atoms in total. The van der Waals surface area contributed by atoms with Crippen LogP contribution >= 0.6 is 0 Å². The Morgan fingerprint density at radius 3 is 2.76 bits per heavy atom. The van der Waals surface area contributed by atoms with Crippen LogP contribution in [0.3, 0.4) is 0 Å². The Bertz CT molecular complexity index is 906. The molecule has 0 spiro atoms. The summed E-state index contributed by atoms with van der Waals surface area (Å²) in [5.74, 6) is 0.597. The third kappa shape index (κ3) is 3.52. The van der Waals surface area contributed by atoms with Crippen LogP contribution in [-0.4, -0.2) is 27.5 Å². The van der Waals surface area contributed by atoms with Crippen molar-refractivity contribution in [2.75, 3.05) is 5.32 Å². The molecule has 1 N–H and O–H groups in total. The molecule has 2 aromatic heterocycles. The maximum Gasteiger partial charge on any atom is 0.418 e. The maximum absolute atomic E-state index is 12.5. The van der Waals surface area contributed by atoms with Crippen LogP contribution in [0.4, 0.5) is 19.4 Å². The van der Waals surface area contributed by atoms with Crippen molar-refractivity contribution in [1.82, 2.24) is 14.8 Å². The quantitative estimate of drug-likeness (QED) is 0.757. The molecule has 0 radical (unpaired) electrons. The highest BCUT2D eigenvalue weighted by Crippen LogP contribution is 2.34. The van der Waals surface area contributed by atoms with E-state index >= 15 is 0 Å². The first-order chi connectivity index (χ1) is 12.0. The average Bonchev–Trinajstić information content (AvgIpc) is 3.16. The summed E-state index contributed by atoms with van der Waals surface area (Å²) in [7, 11) is 1.65. The largest absolute Gasteiger partial charge is 0.437 e. The number of aryl methyl sites for hydroxylation is 2. The second-order valence-corrected chi connectivity index (χ2v) is 4.93. The highest BCUT2D eigenvalue weighted by molar-refractivity contribution is 5.91. The number of carbonyl (C=O) groups is 1. The molecule has 25 heavy (non-hydrogen) atoms. The number of amides is 1. The van der Waals surface area contributed by atoms with Crippen LogP contribution in [0.15, 0.2) is 28.8 Å². The summed E-state index contributed by atoms with van der Waals surface area (Å²) >= 11 is 0. The minimum atomic E-state index is -3.01. The second-order valence-electron chi connectivity index (χ2n) is 4.93. The molecular weight excluding hydrogens is 338 g/mol. The van der Waals surface area contributed by atoms with E-state index in [0.29, 0.717) is 18.1 Å².